The molecular formula is C26H30N2O5. The van der Waals surface area contributed by atoms with Gasteiger partial charge in [0.25, 0.3) is 0 Å². The van der Waals surface area contributed by atoms with Crippen LogP contribution in [0.25, 0.3) is 0 Å². The molecule has 2 heterocycles. The van der Waals surface area contributed by atoms with E-state index in [1.807, 2.05) is 36.4 Å². The number of carboxylic acids is 1. The molecule has 2 aliphatic heterocycles. The van der Waals surface area contributed by atoms with Crippen LogP contribution < -0.4 is 10.1 Å². The molecule has 33 heavy (non-hydrogen) atoms. The van der Waals surface area contributed by atoms with E-state index in [2.05, 4.69) is 17.3 Å². The van der Waals surface area contributed by atoms with Crippen molar-refractivity contribution in [1.82, 2.24) is 10.2 Å². The topological polar surface area (TPSA) is 102 Å². The number of hydrogen-bond donors (Lipinski definition) is 4. The molecule has 2 aromatic carbocycles. The van der Waals surface area contributed by atoms with Gasteiger partial charge in [0.1, 0.15) is 12.1 Å². The number of rotatable bonds is 5. The summed E-state index contributed by atoms with van der Waals surface area (Å²) in [5.74, 6) is -0.334. The standard InChI is InChI=1S/C26H30N2O5/c1-28-12-11-25-21-16-7-8-19(29)22(21)33-23(25)17(9-10-26(25,32)20(28)14-16)27-18(24(30)31)13-15-5-3-2-4-6-15/h2-8,17-18,20,23,27,29,32H,9-14H2,1H3,(H,30,31)/t17-,18?,20?,23+,25+,26-/m1/s1. The summed E-state index contributed by atoms with van der Waals surface area (Å²) in [6.07, 6.45) is 2.52. The second-order valence-electron chi connectivity index (χ2n) is 10.2. The number of aliphatic hydroxyl groups is 1. The smallest absolute Gasteiger partial charge is 0.321 e. The van der Waals surface area contributed by atoms with Crippen LogP contribution in [0.1, 0.15) is 36.0 Å². The summed E-state index contributed by atoms with van der Waals surface area (Å²) in [6.45, 7) is 0.820. The number of piperidine rings is 1. The van der Waals surface area contributed by atoms with Crippen molar-refractivity contribution in [3.8, 4) is 11.5 Å². The molecule has 2 bridgehead atoms. The van der Waals surface area contributed by atoms with Crippen molar-refractivity contribution in [2.75, 3.05) is 13.6 Å². The van der Waals surface area contributed by atoms with Crippen molar-refractivity contribution >= 4 is 5.97 Å². The third-order valence-electron chi connectivity index (χ3n) is 8.73. The lowest BCUT2D eigenvalue weighted by molar-refractivity contribution is -0.187. The van der Waals surface area contributed by atoms with Gasteiger partial charge in [0.05, 0.1) is 11.0 Å². The average Bonchev–Trinajstić information content (AvgIpc) is 3.16. The Balaban J connectivity index is 1.40. The molecule has 1 saturated heterocycles. The Hall–Kier alpha value is -2.61. The zero-order valence-corrected chi connectivity index (χ0v) is 18.7. The number of nitrogens with zero attached hydrogens (tertiary/aromatic N) is 1. The van der Waals surface area contributed by atoms with E-state index < -0.39 is 29.1 Å². The average molecular weight is 451 g/mol. The molecular weight excluding hydrogens is 420 g/mol. The lowest BCUT2D eigenvalue weighted by Crippen LogP contribution is -2.78. The number of likely N-dealkylation sites (N-methyl/N-ethyl adjacent to an activating group) is 1. The summed E-state index contributed by atoms with van der Waals surface area (Å²) in [7, 11) is 2.07. The van der Waals surface area contributed by atoms with Crippen molar-refractivity contribution in [2.24, 2.45) is 0 Å². The summed E-state index contributed by atoms with van der Waals surface area (Å²) in [6, 6.07) is 12.2. The second-order valence-corrected chi connectivity index (χ2v) is 10.2. The molecule has 2 fully saturated rings. The molecule has 6 rings (SSSR count). The number of aromatic hydroxyl groups is 1. The molecule has 1 saturated carbocycles. The van der Waals surface area contributed by atoms with Crippen LogP contribution in [0.3, 0.4) is 0 Å². The Morgan fingerprint density at radius 2 is 2.03 bits per heavy atom. The van der Waals surface area contributed by atoms with Gasteiger partial charge in [0, 0.05) is 17.6 Å². The fraction of sp³-hybridized carbons (Fsp3) is 0.500. The van der Waals surface area contributed by atoms with Gasteiger partial charge in [-0.05, 0) is 62.9 Å². The van der Waals surface area contributed by atoms with E-state index in [0.717, 1.165) is 29.7 Å². The normalized spacial score (nSPS) is 34.9. The molecule has 7 nitrogen and oxygen atoms in total. The molecule has 4 aliphatic rings. The van der Waals surface area contributed by atoms with Crippen LogP contribution in [0.15, 0.2) is 42.5 Å². The molecule has 7 heteroatoms. The molecule has 2 aromatic rings. The minimum atomic E-state index is -0.979. The highest BCUT2D eigenvalue weighted by Gasteiger charge is 2.72. The summed E-state index contributed by atoms with van der Waals surface area (Å²) in [5, 5.41) is 36.3. The van der Waals surface area contributed by atoms with Gasteiger partial charge in [-0.25, -0.2) is 0 Å². The van der Waals surface area contributed by atoms with Gasteiger partial charge in [-0.1, -0.05) is 36.4 Å². The summed E-state index contributed by atoms with van der Waals surface area (Å²) in [4.78, 5) is 14.4. The first-order chi connectivity index (χ1) is 15.8. The number of carbonyl (C=O) groups is 1. The van der Waals surface area contributed by atoms with E-state index >= 15 is 0 Å². The minimum absolute atomic E-state index is 0.0270. The highest BCUT2D eigenvalue weighted by atomic mass is 16.5. The second kappa shape index (κ2) is 7.19. The van der Waals surface area contributed by atoms with Crippen molar-refractivity contribution in [3.05, 3.63) is 59.2 Å². The number of carboxylic acid groups (broad SMARTS) is 1. The van der Waals surface area contributed by atoms with Crippen LogP contribution >= 0.6 is 0 Å². The van der Waals surface area contributed by atoms with E-state index in [1.165, 1.54) is 0 Å². The van der Waals surface area contributed by atoms with E-state index in [9.17, 15) is 20.1 Å². The number of aliphatic carboxylic acids is 1. The van der Waals surface area contributed by atoms with Gasteiger partial charge in [-0.2, -0.15) is 0 Å². The number of ether oxygens (including phenoxy) is 1. The van der Waals surface area contributed by atoms with Crippen LogP contribution in [0.2, 0.25) is 0 Å². The summed E-state index contributed by atoms with van der Waals surface area (Å²) in [5.41, 5.74) is 1.38. The minimum Gasteiger partial charge on any atom is -0.504 e. The van der Waals surface area contributed by atoms with Crippen molar-refractivity contribution in [3.63, 3.8) is 0 Å². The number of likely N-dealkylation sites (tertiary alicyclic amines) is 1. The molecule has 0 amide bonds. The van der Waals surface area contributed by atoms with Crippen molar-refractivity contribution in [2.45, 2.75) is 67.3 Å². The van der Waals surface area contributed by atoms with Crippen LogP contribution in [-0.4, -0.2) is 69.6 Å². The Bertz CT molecular complexity index is 1110. The lowest BCUT2D eigenvalue weighted by Gasteiger charge is -2.63. The van der Waals surface area contributed by atoms with E-state index in [0.29, 0.717) is 31.4 Å². The van der Waals surface area contributed by atoms with Gasteiger partial charge in [0.15, 0.2) is 11.5 Å². The number of nitrogens with one attached hydrogen (secondary N) is 1. The lowest BCUT2D eigenvalue weighted by atomic mass is 9.48. The molecule has 1 spiro atoms. The molecule has 2 aliphatic carbocycles. The first kappa shape index (κ1) is 21.0. The monoisotopic (exact) mass is 450 g/mol. The van der Waals surface area contributed by atoms with Crippen molar-refractivity contribution in [1.29, 1.82) is 0 Å². The number of phenols is 1. The molecule has 0 aromatic heterocycles. The number of benzene rings is 2. The summed E-state index contributed by atoms with van der Waals surface area (Å²) >= 11 is 0. The predicted molar refractivity (Wildman–Crippen MR) is 122 cm³/mol. The third kappa shape index (κ3) is 2.76. The highest BCUT2D eigenvalue weighted by molar-refractivity contribution is 5.74. The Morgan fingerprint density at radius 1 is 1.24 bits per heavy atom. The molecule has 2 unspecified atom stereocenters. The van der Waals surface area contributed by atoms with E-state index in [1.54, 1.807) is 6.07 Å². The first-order valence-corrected chi connectivity index (χ1v) is 11.8. The van der Waals surface area contributed by atoms with Gasteiger partial charge in [0.2, 0.25) is 0 Å². The number of phenolic OH excluding ortho intramolecular Hbond substituents is 1. The number of hydrogen-bond acceptors (Lipinski definition) is 6. The van der Waals surface area contributed by atoms with Gasteiger partial charge in [-0.3, -0.25) is 10.1 Å². The molecule has 0 radical (unpaired) electrons. The van der Waals surface area contributed by atoms with Crippen LogP contribution in [-0.2, 0) is 23.1 Å². The largest absolute Gasteiger partial charge is 0.504 e. The third-order valence-corrected chi connectivity index (χ3v) is 8.73. The Kier molecular flexibility index (Phi) is 4.57. The maximum atomic E-state index is 12.2. The van der Waals surface area contributed by atoms with Gasteiger partial charge in [-0.15, -0.1) is 0 Å². The van der Waals surface area contributed by atoms with Crippen LogP contribution in [0, 0.1) is 0 Å². The predicted octanol–water partition coefficient (Wildman–Crippen LogP) is 1.83. The zero-order valence-electron chi connectivity index (χ0n) is 18.7. The Labute approximate surface area is 193 Å². The quantitative estimate of drug-likeness (QED) is 0.551. The van der Waals surface area contributed by atoms with E-state index in [4.69, 9.17) is 4.74 Å². The Morgan fingerprint density at radius 3 is 2.79 bits per heavy atom. The molecule has 6 atom stereocenters. The van der Waals surface area contributed by atoms with E-state index in [-0.39, 0.29) is 17.8 Å². The fourth-order valence-corrected chi connectivity index (χ4v) is 7.25. The van der Waals surface area contributed by atoms with Crippen molar-refractivity contribution < 1.29 is 24.9 Å². The van der Waals surface area contributed by atoms with Gasteiger partial charge < -0.3 is 25.0 Å². The van der Waals surface area contributed by atoms with Crippen LogP contribution in [0.5, 0.6) is 11.5 Å². The SMILES string of the molecule is CN1CC[C@]23c4c5ccc(O)c4O[C@H]2[C@H](NC(Cc2ccccc2)C(=O)O)CC[C@@]3(O)C1C5. The molecule has 4 N–H and O–H groups in total. The van der Waals surface area contributed by atoms with Gasteiger partial charge >= 0.3 is 5.97 Å². The fourth-order valence-electron chi connectivity index (χ4n) is 7.25. The zero-order chi connectivity index (χ0) is 23.0. The maximum Gasteiger partial charge on any atom is 0.321 e. The first-order valence-electron chi connectivity index (χ1n) is 11.8. The summed E-state index contributed by atoms with van der Waals surface area (Å²) < 4.78 is 6.47. The maximum absolute atomic E-state index is 12.2. The van der Waals surface area contributed by atoms with Crippen LogP contribution in [0.4, 0.5) is 0 Å². The highest BCUT2D eigenvalue weighted by Crippen LogP contribution is 2.65. The molecule has 174 valence electrons.